The molecule has 2 aromatic rings. The summed E-state index contributed by atoms with van der Waals surface area (Å²) in [5.74, 6) is -0.970. The number of nitrogen functional groups attached to an aromatic ring is 1. The van der Waals surface area contributed by atoms with E-state index in [2.05, 4.69) is 5.32 Å². The molecule has 0 fully saturated rings. The lowest BCUT2D eigenvalue weighted by molar-refractivity contribution is 0.102. The Hall–Kier alpha value is -2.56. The van der Waals surface area contributed by atoms with Gasteiger partial charge >= 0.3 is 0 Å². The molecule has 0 saturated heterocycles. The average Bonchev–Trinajstić information content (AvgIpc) is 2.33. The van der Waals surface area contributed by atoms with Crippen LogP contribution in [0.1, 0.15) is 10.4 Å². The molecule has 0 aromatic heterocycles. The normalized spacial score (nSPS) is 10.1. The molecule has 5 heteroatoms. The van der Waals surface area contributed by atoms with Gasteiger partial charge in [-0.25, -0.2) is 4.39 Å². The van der Waals surface area contributed by atoms with Gasteiger partial charge in [0.25, 0.3) is 5.91 Å². The van der Waals surface area contributed by atoms with E-state index in [9.17, 15) is 14.3 Å². The molecule has 0 atom stereocenters. The fourth-order valence-corrected chi connectivity index (χ4v) is 1.45. The highest BCUT2D eigenvalue weighted by Crippen LogP contribution is 2.25. The zero-order valence-electron chi connectivity index (χ0n) is 9.35. The van der Waals surface area contributed by atoms with E-state index in [0.717, 1.165) is 0 Å². The Kier molecular flexibility index (Phi) is 3.14. The van der Waals surface area contributed by atoms with Crippen LogP contribution in [0.5, 0.6) is 5.75 Å². The molecule has 0 aliphatic carbocycles. The molecule has 18 heavy (non-hydrogen) atoms. The highest BCUT2D eigenvalue weighted by molar-refractivity contribution is 6.05. The number of anilines is 2. The van der Waals surface area contributed by atoms with E-state index in [4.69, 9.17) is 5.73 Å². The number of phenols is 1. The number of hydrogen-bond donors (Lipinski definition) is 3. The molecule has 2 rings (SSSR count). The summed E-state index contributed by atoms with van der Waals surface area (Å²) in [4.78, 5) is 11.8. The van der Waals surface area contributed by atoms with Crippen molar-refractivity contribution in [2.75, 3.05) is 11.1 Å². The summed E-state index contributed by atoms with van der Waals surface area (Å²) in [5.41, 5.74) is 6.41. The first-order valence-corrected chi connectivity index (χ1v) is 5.21. The number of phenolic OH excluding ortho intramolecular Hbond substituents is 1. The number of hydrogen-bond acceptors (Lipinski definition) is 3. The molecule has 0 spiro atoms. The summed E-state index contributed by atoms with van der Waals surface area (Å²) >= 11 is 0. The molecular weight excluding hydrogens is 235 g/mol. The van der Waals surface area contributed by atoms with Crippen LogP contribution in [0, 0.1) is 5.82 Å². The molecule has 0 saturated carbocycles. The van der Waals surface area contributed by atoms with Gasteiger partial charge < -0.3 is 16.2 Å². The number of carbonyl (C=O) groups is 1. The molecule has 4 nitrogen and oxygen atoms in total. The van der Waals surface area contributed by atoms with Crippen molar-refractivity contribution in [3.05, 3.63) is 53.8 Å². The fourth-order valence-electron chi connectivity index (χ4n) is 1.45. The predicted octanol–water partition coefficient (Wildman–Crippen LogP) is 2.37. The van der Waals surface area contributed by atoms with Crippen molar-refractivity contribution in [1.29, 1.82) is 0 Å². The maximum absolute atomic E-state index is 12.7. The van der Waals surface area contributed by atoms with Gasteiger partial charge in [-0.05, 0) is 36.4 Å². The van der Waals surface area contributed by atoms with Crippen molar-refractivity contribution in [2.45, 2.75) is 0 Å². The maximum Gasteiger partial charge on any atom is 0.255 e. The Morgan fingerprint density at radius 2 is 1.83 bits per heavy atom. The summed E-state index contributed by atoms with van der Waals surface area (Å²) < 4.78 is 12.7. The molecule has 0 radical (unpaired) electrons. The van der Waals surface area contributed by atoms with E-state index in [-0.39, 0.29) is 11.4 Å². The molecule has 0 heterocycles. The number of benzene rings is 2. The van der Waals surface area contributed by atoms with E-state index in [0.29, 0.717) is 11.3 Å². The van der Waals surface area contributed by atoms with Gasteiger partial charge in [0.2, 0.25) is 0 Å². The van der Waals surface area contributed by atoms with Crippen LogP contribution in [0.3, 0.4) is 0 Å². The number of amides is 1. The van der Waals surface area contributed by atoms with Gasteiger partial charge in [0.15, 0.2) is 0 Å². The van der Waals surface area contributed by atoms with Crippen LogP contribution >= 0.6 is 0 Å². The third kappa shape index (κ3) is 2.57. The van der Waals surface area contributed by atoms with Crippen molar-refractivity contribution in [3.8, 4) is 5.75 Å². The Balaban J connectivity index is 2.18. The molecule has 92 valence electrons. The quantitative estimate of drug-likeness (QED) is 0.562. The monoisotopic (exact) mass is 246 g/mol. The lowest BCUT2D eigenvalue weighted by atomic mass is 10.2. The van der Waals surface area contributed by atoms with E-state index >= 15 is 0 Å². The molecule has 0 unspecified atom stereocenters. The lowest BCUT2D eigenvalue weighted by Gasteiger charge is -2.07. The van der Waals surface area contributed by atoms with E-state index in [1.165, 1.54) is 36.4 Å². The topological polar surface area (TPSA) is 75.3 Å². The molecule has 4 N–H and O–H groups in total. The first-order chi connectivity index (χ1) is 8.56. The molecule has 2 aromatic carbocycles. The van der Waals surface area contributed by atoms with Crippen LogP contribution in [0.25, 0.3) is 0 Å². The van der Waals surface area contributed by atoms with Crippen molar-refractivity contribution < 1.29 is 14.3 Å². The second-order valence-corrected chi connectivity index (χ2v) is 3.74. The number of aromatic hydroxyl groups is 1. The number of halogens is 1. The van der Waals surface area contributed by atoms with Gasteiger partial charge in [-0.15, -0.1) is 0 Å². The largest absolute Gasteiger partial charge is 0.506 e. The van der Waals surface area contributed by atoms with Crippen LogP contribution in [-0.2, 0) is 0 Å². The van der Waals surface area contributed by atoms with E-state index in [1.54, 1.807) is 6.07 Å². The Morgan fingerprint density at radius 1 is 1.17 bits per heavy atom. The number of carbonyl (C=O) groups excluding carboxylic acids is 1. The number of rotatable bonds is 2. The molecule has 0 bridgehead atoms. The SMILES string of the molecule is Nc1ccc(NC(=O)c2ccc(F)cc2)c(O)c1. The first kappa shape index (κ1) is 11.9. The fraction of sp³-hybridized carbons (Fsp3) is 0. The second-order valence-electron chi connectivity index (χ2n) is 3.74. The summed E-state index contributed by atoms with van der Waals surface area (Å²) in [7, 11) is 0. The van der Waals surface area contributed by atoms with Gasteiger partial charge in [0.1, 0.15) is 11.6 Å². The summed E-state index contributed by atoms with van der Waals surface area (Å²) in [5, 5.41) is 12.1. The van der Waals surface area contributed by atoms with Gasteiger partial charge in [0, 0.05) is 17.3 Å². The maximum atomic E-state index is 12.7. The zero-order valence-corrected chi connectivity index (χ0v) is 9.35. The first-order valence-electron chi connectivity index (χ1n) is 5.21. The van der Waals surface area contributed by atoms with Gasteiger partial charge in [0.05, 0.1) is 5.69 Å². The van der Waals surface area contributed by atoms with Crippen LogP contribution in [0.15, 0.2) is 42.5 Å². The summed E-state index contributed by atoms with van der Waals surface area (Å²) in [6.07, 6.45) is 0. The van der Waals surface area contributed by atoms with Crippen LogP contribution in [0.4, 0.5) is 15.8 Å². The van der Waals surface area contributed by atoms with Crippen molar-refractivity contribution in [2.24, 2.45) is 0 Å². The minimum absolute atomic E-state index is 0.120. The van der Waals surface area contributed by atoms with Gasteiger partial charge in [-0.3, -0.25) is 4.79 Å². The van der Waals surface area contributed by atoms with Gasteiger partial charge in [-0.1, -0.05) is 0 Å². The van der Waals surface area contributed by atoms with E-state index in [1.807, 2.05) is 0 Å². The number of nitrogens with one attached hydrogen (secondary N) is 1. The highest BCUT2D eigenvalue weighted by atomic mass is 19.1. The van der Waals surface area contributed by atoms with Crippen LogP contribution < -0.4 is 11.1 Å². The Morgan fingerprint density at radius 3 is 2.44 bits per heavy atom. The predicted molar refractivity (Wildman–Crippen MR) is 66.9 cm³/mol. The van der Waals surface area contributed by atoms with Crippen LogP contribution in [0.2, 0.25) is 0 Å². The molecule has 0 aliphatic rings. The number of nitrogens with two attached hydrogens (primary N) is 1. The smallest absolute Gasteiger partial charge is 0.255 e. The molecule has 0 aliphatic heterocycles. The molecular formula is C13H11FN2O2. The Bertz CT molecular complexity index is 582. The highest BCUT2D eigenvalue weighted by Gasteiger charge is 2.08. The Labute approximate surface area is 103 Å². The second kappa shape index (κ2) is 4.75. The van der Waals surface area contributed by atoms with Crippen molar-refractivity contribution in [1.82, 2.24) is 0 Å². The minimum atomic E-state index is -0.435. The van der Waals surface area contributed by atoms with E-state index < -0.39 is 11.7 Å². The minimum Gasteiger partial charge on any atom is -0.506 e. The standard InChI is InChI=1S/C13H11FN2O2/c14-9-3-1-8(2-4-9)13(18)16-11-6-5-10(15)7-12(11)17/h1-7,17H,15H2,(H,16,18). The van der Waals surface area contributed by atoms with Crippen molar-refractivity contribution >= 4 is 17.3 Å². The third-order valence-electron chi connectivity index (χ3n) is 2.38. The zero-order chi connectivity index (χ0) is 13.1. The average molecular weight is 246 g/mol. The van der Waals surface area contributed by atoms with Crippen LogP contribution in [-0.4, -0.2) is 11.0 Å². The third-order valence-corrected chi connectivity index (χ3v) is 2.38. The van der Waals surface area contributed by atoms with Gasteiger partial charge in [-0.2, -0.15) is 0 Å². The van der Waals surface area contributed by atoms with Crippen molar-refractivity contribution in [3.63, 3.8) is 0 Å². The molecule has 1 amide bonds. The summed E-state index contributed by atoms with van der Waals surface area (Å²) in [6, 6.07) is 9.49. The summed E-state index contributed by atoms with van der Waals surface area (Å²) in [6.45, 7) is 0. The lowest BCUT2D eigenvalue weighted by Crippen LogP contribution is -2.11.